The van der Waals surface area contributed by atoms with E-state index < -0.39 is 0 Å². The highest BCUT2D eigenvalue weighted by molar-refractivity contribution is 5.13. The van der Waals surface area contributed by atoms with Crippen LogP contribution in [0.15, 0.2) is 30.3 Å². The summed E-state index contributed by atoms with van der Waals surface area (Å²) in [5.41, 5.74) is 1.83. The Balaban J connectivity index is 1.62. The molecule has 16 heavy (non-hydrogen) atoms. The molecule has 0 atom stereocenters. The van der Waals surface area contributed by atoms with Gasteiger partial charge in [0.1, 0.15) is 0 Å². The summed E-state index contributed by atoms with van der Waals surface area (Å²) in [7, 11) is 2.03. The molecule has 1 N–H and O–H groups in total. The summed E-state index contributed by atoms with van der Waals surface area (Å²) in [5, 5.41) is 3.27. The van der Waals surface area contributed by atoms with Crippen LogP contribution in [0.2, 0.25) is 0 Å². The van der Waals surface area contributed by atoms with Gasteiger partial charge in [-0.15, -0.1) is 0 Å². The van der Waals surface area contributed by atoms with Gasteiger partial charge >= 0.3 is 0 Å². The lowest BCUT2D eigenvalue weighted by molar-refractivity contribution is 0.104. The number of ether oxygens (including phenoxy) is 1. The van der Waals surface area contributed by atoms with Crippen LogP contribution in [0.4, 0.5) is 0 Å². The van der Waals surface area contributed by atoms with Gasteiger partial charge in [-0.3, -0.25) is 0 Å². The van der Waals surface area contributed by atoms with Crippen LogP contribution in [0.1, 0.15) is 24.8 Å². The summed E-state index contributed by atoms with van der Waals surface area (Å²) < 4.78 is 5.71. The fourth-order valence-corrected chi connectivity index (χ4v) is 2.12. The summed E-state index contributed by atoms with van der Waals surface area (Å²) in [6.07, 6.45) is 3.92. The largest absolute Gasteiger partial charge is 0.377 e. The molecule has 0 amide bonds. The molecule has 2 rings (SSSR count). The SMILES string of the molecule is CNCC1(CCOCc2ccccc2)CC1. The van der Waals surface area contributed by atoms with Crippen molar-refractivity contribution in [3.05, 3.63) is 35.9 Å². The molecule has 1 fully saturated rings. The Morgan fingerprint density at radius 1 is 1.25 bits per heavy atom. The molecule has 1 aliphatic rings. The van der Waals surface area contributed by atoms with Crippen LogP contribution in [-0.2, 0) is 11.3 Å². The van der Waals surface area contributed by atoms with Crippen LogP contribution in [0.25, 0.3) is 0 Å². The molecule has 0 heterocycles. The van der Waals surface area contributed by atoms with Gasteiger partial charge in [0.15, 0.2) is 0 Å². The topological polar surface area (TPSA) is 21.3 Å². The Labute approximate surface area is 98.0 Å². The maximum Gasteiger partial charge on any atom is 0.0716 e. The number of rotatable bonds is 7. The summed E-state index contributed by atoms with van der Waals surface area (Å²) in [5.74, 6) is 0. The minimum atomic E-state index is 0.561. The Hall–Kier alpha value is -0.860. The second kappa shape index (κ2) is 5.46. The van der Waals surface area contributed by atoms with Gasteiger partial charge in [-0.05, 0) is 37.3 Å². The van der Waals surface area contributed by atoms with E-state index in [-0.39, 0.29) is 0 Å². The first-order valence-corrected chi connectivity index (χ1v) is 6.11. The number of hydrogen-bond donors (Lipinski definition) is 1. The molecule has 1 saturated carbocycles. The molecule has 88 valence electrons. The number of nitrogens with one attached hydrogen (secondary N) is 1. The summed E-state index contributed by atoms with van der Waals surface area (Å²) in [4.78, 5) is 0. The lowest BCUT2D eigenvalue weighted by Gasteiger charge is -2.14. The van der Waals surface area contributed by atoms with E-state index in [2.05, 4.69) is 29.6 Å². The minimum Gasteiger partial charge on any atom is -0.377 e. The molecular weight excluding hydrogens is 198 g/mol. The van der Waals surface area contributed by atoms with E-state index in [1.54, 1.807) is 0 Å². The van der Waals surface area contributed by atoms with Crippen LogP contribution in [0, 0.1) is 5.41 Å². The average molecular weight is 219 g/mol. The number of benzene rings is 1. The lowest BCUT2D eigenvalue weighted by Crippen LogP contribution is -2.21. The van der Waals surface area contributed by atoms with Crippen LogP contribution < -0.4 is 5.32 Å². The van der Waals surface area contributed by atoms with Crippen molar-refractivity contribution in [2.75, 3.05) is 20.2 Å². The Morgan fingerprint density at radius 2 is 2.00 bits per heavy atom. The molecule has 0 radical (unpaired) electrons. The first-order valence-electron chi connectivity index (χ1n) is 6.11. The van der Waals surface area contributed by atoms with E-state index in [1.807, 2.05) is 13.1 Å². The van der Waals surface area contributed by atoms with E-state index in [0.29, 0.717) is 5.41 Å². The normalized spacial score (nSPS) is 17.3. The Kier molecular flexibility index (Phi) is 3.97. The summed E-state index contributed by atoms with van der Waals surface area (Å²) >= 11 is 0. The smallest absolute Gasteiger partial charge is 0.0716 e. The third-order valence-corrected chi connectivity index (χ3v) is 3.40. The quantitative estimate of drug-likeness (QED) is 0.712. The highest BCUT2D eigenvalue weighted by Gasteiger charge is 2.41. The third-order valence-electron chi connectivity index (χ3n) is 3.40. The molecule has 0 spiro atoms. The predicted octanol–water partition coefficient (Wildman–Crippen LogP) is 2.59. The van der Waals surface area contributed by atoms with Crippen molar-refractivity contribution in [2.45, 2.75) is 25.9 Å². The van der Waals surface area contributed by atoms with E-state index in [0.717, 1.165) is 19.8 Å². The Morgan fingerprint density at radius 3 is 2.62 bits per heavy atom. The molecular formula is C14H21NO. The van der Waals surface area contributed by atoms with Crippen LogP contribution in [0.5, 0.6) is 0 Å². The van der Waals surface area contributed by atoms with Gasteiger partial charge in [-0.25, -0.2) is 0 Å². The van der Waals surface area contributed by atoms with Crippen molar-refractivity contribution in [1.29, 1.82) is 0 Å². The minimum absolute atomic E-state index is 0.561. The summed E-state index contributed by atoms with van der Waals surface area (Å²) in [6.45, 7) is 2.77. The van der Waals surface area contributed by atoms with Gasteiger partial charge in [-0.1, -0.05) is 30.3 Å². The van der Waals surface area contributed by atoms with E-state index in [1.165, 1.54) is 24.8 Å². The Bertz CT molecular complexity index is 306. The highest BCUT2D eigenvalue weighted by atomic mass is 16.5. The first-order chi connectivity index (χ1) is 7.85. The summed E-state index contributed by atoms with van der Waals surface area (Å²) in [6, 6.07) is 10.4. The second-order valence-corrected chi connectivity index (χ2v) is 4.82. The lowest BCUT2D eigenvalue weighted by atomic mass is 10.0. The molecule has 0 aromatic heterocycles. The van der Waals surface area contributed by atoms with Gasteiger partial charge in [0.05, 0.1) is 6.61 Å². The molecule has 0 aliphatic heterocycles. The molecule has 1 aromatic rings. The van der Waals surface area contributed by atoms with Crippen molar-refractivity contribution in [1.82, 2.24) is 5.32 Å². The predicted molar refractivity (Wildman–Crippen MR) is 66.3 cm³/mol. The third kappa shape index (κ3) is 3.32. The fourth-order valence-electron chi connectivity index (χ4n) is 2.12. The van der Waals surface area contributed by atoms with Crippen molar-refractivity contribution >= 4 is 0 Å². The fraction of sp³-hybridized carbons (Fsp3) is 0.571. The number of hydrogen-bond acceptors (Lipinski definition) is 2. The van der Waals surface area contributed by atoms with E-state index in [4.69, 9.17) is 4.74 Å². The molecule has 2 heteroatoms. The zero-order valence-electron chi connectivity index (χ0n) is 10.0. The molecule has 2 nitrogen and oxygen atoms in total. The molecule has 0 bridgehead atoms. The average Bonchev–Trinajstić information content (AvgIpc) is 3.07. The van der Waals surface area contributed by atoms with E-state index in [9.17, 15) is 0 Å². The van der Waals surface area contributed by atoms with Crippen LogP contribution in [0.3, 0.4) is 0 Å². The maximum absolute atomic E-state index is 5.71. The van der Waals surface area contributed by atoms with Gasteiger partial charge in [0.25, 0.3) is 0 Å². The maximum atomic E-state index is 5.71. The van der Waals surface area contributed by atoms with Crippen molar-refractivity contribution in [3.8, 4) is 0 Å². The van der Waals surface area contributed by atoms with Gasteiger partial charge in [-0.2, -0.15) is 0 Å². The second-order valence-electron chi connectivity index (χ2n) is 4.82. The standard InChI is InChI=1S/C14H21NO/c1-15-12-14(7-8-14)9-10-16-11-13-5-3-2-4-6-13/h2-6,15H,7-12H2,1H3. The highest BCUT2D eigenvalue weighted by Crippen LogP contribution is 2.48. The van der Waals surface area contributed by atoms with Crippen LogP contribution >= 0.6 is 0 Å². The zero-order chi connectivity index (χ0) is 11.3. The van der Waals surface area contributed by atoms with E-state index >= 15 is 0 Å². The van der Waals surface area contributed by atoms with Crippen molar-refractivity contribution in [3.63, 3.8) is 0 Å². The molecule has 1 aromatic carbocycles. The zero-order valence-corrected chi connectivity index (χ0v) is 10.0. The van der Waals surface area contributed by atoms with Gasteiger partial charge in [0.2, 0.25) is 0 Å². The first kappa shape index (κ1) is 11.6. The monoisotopic (exact) mass is 219 g/mol. The van der Waals surface area contributed by atoms with Gasteiger partial charge in [0, 0.05) is 13.2 Å². The molecule has 0 saturated heterocycles. The van der Waals surface area contributed by atoms with Crippen molar-refractivity contribution < 1.29 is 4.74 Å². The van der Waals surface area contributed by atoms with Crippen molar-refractivity contribution in [2.24, 2.45) is 5.41 Å². The van der Waals surface area contributed by atoms with Gasteiger partial charge < -0.3 is 10.1 Å². The molecule has 1 aliphatic carbocycles. The molecule has 0 unspecified atom stereocenters. The van der Waals surface area contributed by atoms with Crippen LogP contribution in [-0.4, -0.2) is 20.2 Å².